The number of amides is 1. The summed E-state index contributed by atoms with van der Waals surface area (Å²) in [4.78, 5) is 25.0. The molecule has 0 atom stereocenters. The van der Waals surface area contributed by atoms with Crippen molar-refractivity contribution in [3.05, 3.63) is 64.7 Å². The van der Waals surface area contributed by atoms with E-state index in [1.165, 1.54) is 0 Å². The number of halogens is 1. The molecule has 0 unspecified atom stereocenters. The van der Waals surface area contributed by atoms with Crippen molar-refractivity contribution in [3.8, 4) is 0 Å². The smallest absolute Gasteiger partial charge is 0.339 e. The summed E-state index contributed by atoms with van der Waals surface area (Å²) in [5.41, 5.74) is 1.41. The molecule has 0 aromatic heterocycles. The predicted molar refractivity (Wildman–Crippen MR) is 103 cm³/mol. The molecule has 0 saturated heterocycles. The summed E-state index contributed by atoms with van der Waals surface area (Å²) in [6.07, 6.45) is 3.73. The number of hydrogen-bond donors (Lipinski definition) is 1. The summed E-state index contributed by atoms with van der Waals surface area (Å²) >= 11 is 6.20. The van der Waals surface area contributed by atoms with E-state index in [4.69, 9.17) is 16.3 Å². The van der Waals surface area contributed by atoms with Crippen molar-refractivity contribution >= 4 is 29.2 Å². The van der Waals surface area contributed by atoms with Gasteiger partial charge in [0.25, 0.3) is 0 Å². The third-order valence-corrected chi connectivity index (χ3v) is 5.25. The van der Waals surface area contributed by atoms with E-state index in [0.717, 1.165) is 31.2 Å². The Morgan fingerprint density at radius 1 is 1.12 bits per heavy atom. The van der Waals surface area contributed by atoms with Gasteiger partial charge < -0.3 is 10.1 Å². The first-order chi connectivity index (χ1) is 12.6. The van der Waals surface area contributed by atoms with Gasteiger partial charge in [0.15, 0.2) is 0 Å². The van der Waals surface area contributed by atoms with Gasteiger partial charge in [0.1, 0.15) is 0 Å². The van der Waals surface area contributed by atoms with Crippen LogP contribution in [0.15, 0.2) is 48.5 Å². The van der Waals surface area contributed by atoms with Gasteiger partial charge in [0.2, 0.25) is 5.91 Å². The molecule has 3 rings (SSSR count). The first-order valence-electron chi connectivity index (χ1n) is 8.90. The number of rotatable bonds is 5. The third-order valence-electron chi connectivity index (χ3n) is 4.94. The standard InChI is InChI=1S/C21H22ClNO3/c1-2-26-19(24)17-11-10-16(14-18(17)22)23-20(25)21(12-6-7-13-21)15-8-4-3-5-9-15/h3-5,8-11,14H,2,6-7,12-13H2,1H3,(H,23,25). The van der Waals surface area contributed by atoms with Gasteiger partial charge in [-0.05, 0) is 43.5 Å². The zero-order valence-corrected chi connectivity index (χ0v) is 15.5. The lowest BCUT2D eigenvalue weighted by atomic mass is 9.78. The van der Waals surface area contributed by atoms with Crippen LogP contribution in [0.1, 0.15) is 48.5 Å². The molecule has 5 heteroatoms. The lowest BCUT2D eigenvalue weighted by Crippen LogP contribution is -2.37. The average Bonchev–Trinajstić information content (AvgIpc) is 3.14. The van der Waals surface area contributed by atoms with Gasteiger partial charge in [-0.3, -0.25) is 4.79 Å². The van der Waals surface area contributed by atoms with Crippen molar-refractivity contribution in [2.75, 3.05) is 11.9 Å². The molecule has 2 aromatic rings. The molecule has 1 aliphatic carbocycles. The number of nitrogens with one attached hydrogen (secondary N) is 1. The molecule has 2 aromatic carbocycles. The van der Waals surface area contributed by atoms with Gasteiger partial charge in [-0.15, -0.1) is 0 Å². The molecular formula is C21H22ClNO3. The van der Waals surface area contributed by atoms with E-state index in [1.54, 1.807) is 25.1 Å². The number of carbonyl (C=O) groups excluding carboxylic acids is 2. The second-order valence-electron chi connectivity index (χ2n) is 6.52. The summed E-state index contributed by atoms with van der Waals surface area (Å²) in [5, 5.41) is 3.25. The van der Waals surface area contributed by atoms with Crippen molar-refractivity contribution in [3.63, 3.8) is 0 Å². The van der Waals surface area contributed by atoms with Crippen LogP contribution in [0.4, 0.5) is 5.69 Å². The molecule has 0 spiro atoms. The zero-order chi connectivity index (χ0) is 18.6. The topological polar surface area (TPSA) is 55.4 Å². The molecule has 0 radical (unpaired) electrons. The maximum absolute atomic E-state index is 13.1. The van der Waals surface area contributed by atoms with E-state index in [-0.39, 0.29) is 17.5 Å². The van der Waals surface area contributed by atoms with Crippen LogP contribution in [0.25, 0.3) is 0 Å². The Kier molecular flexibility index (Phi) is 5.62. The Morgan fingerprint density at radius 2 is 1.81 bits per heavy atom. The minimum Gasteiger partial charge on any atom is -0.462 e. The maximum atomic E-state index is 13.1. The molecule has 0 heterocycles. The summed E-state index contributed by atoms with van der Waals surface area (Å²) in [6, 6.07) is 14.8. The fourth-order valence-electron chi connectivity index (χ4n) is 3.60. The van der Waals surface area contributed by atoms with Crippen LogP contribution < -0.4 is 5.32 Å². The number of esters is 1. The van der Waals surface area contributed by atoms with E-state index in [2.05, 4.69) is 5.32 Å². The molecule has 136 valence electrons. The molecule has 0 bridgehead atoms. The van der Waals surface area contributed by atoms with E-state index in [1.807, 2.05) is 30.3 Å². The minimum absolute atomic E-state index is 0.0267. The average molecular weight is 372 g/mol. The van der Waals surface area contributed by atoms with Gasteiger partial charge in [0.05, 0.1) is 22.6 Å². The highest BCUT2D eigenvalue weighted by molar-refractivity contribution is 6.34. The summed E-state index contributed by atoms with van der Waals surface area (Å²) in [7, 11) is 0. The summed E-state index contributed by atoms with van der Waals surface area (Å²) < 4.78 is 4.97. The van der Waals surface area contributed by atoms with Crippen molar-refractivity contribution < 1.29 is 14.3 Å². The zero-order valence-electron chi connectivity index (χ0n) is 14.8. The Hall–Kier alpha value is -2.33. The van der Waals surface area contributed by atoms with Gasteiger partial charge >= 0.3 is 5.97 Å². The molecule has 4 nitrogen and oxygen atoms in total. The van der Waals surface area contributed by atoms with Crippen LogP contribution in [0.5, 0.6) is 0 Å². The van der Waals surface area contributed by atoms with E-state index < -0.39 is 11.4 Å². The van der Waals surface area contributed by atoms with E-state index >= 15 is 0 Å². The quantitative estimate of drug-likeness (QED) is 0.755. The molecule has 0 aliphatic heterocycles. The first-order valence-corrected chi connectivity index (χ1v) is 9.28. The highest BCUT2D eigenvalue weighted by atomic mass is 35.5. The van der Waals surface area contributed by atoms with Gasteiger partial charge in [-0.1, -0.05) is 54.8 Å². The second-order valence-corrected chi connectivity index (χ2v) is 6.93. The molecule has 1 N–H and O–H groups in total. The number of carbonyl (C=O) groups is 2. The van der Waals surface area contributed by atoms with Crippen LogP contribution >= 0.6 is 11.6 Å². The highest BCUT2D eigenvalue weighted by Crippen LogP contribution is 2.42. The monoisotopic (exact) mass is 371 g/mol. The summed E-state index contributed by atoms with van der Waals surface area (Å²) in [5.74, 6) is -0.493. The van der Waals surface area contributed by atoms with Crippen LogP contribution in [0.2, 0.25) is 5.02 Å². The van der Waals surface area contributed by atoms with Crippen molar-refractivity contribution in [2.24, 2.45) is 0 Å². The lowest BCUT2D eigenvalue weighted by Gasteiger charge is -2.28. The number of benzene rings is 2. The maximum Gasteiger partial charge on any atom is 0.339 e. The molecule has 1 saturated carbocycles. The highest BCUT2D eigenvalue weighted by Gasteiger charge is 2.42. The molecule has 26 heavy (non-hydrogen) atoms. The molecule has 1 amide bonds. The molecule has 1 aliphatic rings. The second kappa shape index (κ2) is 7.92. The van der Waals surface area contributed by atoms with E-state index in [9.17, 15) is 9.59 Å². The Morgan fingerprint density at radius 3 is 2.42 bits per heavy atom. The van der Waals surface area contributed by atoms with Gasteiger partial charge in [-0.2, -0.15) is 0 Å². The van der Waals surface area contributed by atoms with Crippen molar-refractivity contribution in [1.82, 2.24) is 0 Å². The van der Waals surface area contributed by atoms with Crippen LogP contribution in [-0.4, -0.2) is 18.5 Å². The Balaban J connectivity index is 1.83. The number of anilines is 1. The first kappa shape index (κ1) is 18.5. The summed E-state index contributed by atoms with van der Waals surface area (Å²) in [6.45, 7) is 2.03. The largest absolute Gasteiger partial charge is 0.462 e. The Bertz CT molecular complexity index is 798. The number of ether oxygens (including phenoxy) is 1. The molecular weight excluding hydrogens is 350 g/mol. The predicted octanol–water partition coefficient (Wildman–Crippen LogP) is 4.97. The normalized spacial score (nSPS) is 15.5. The van der Waals surface area contributed by atoms with E-state index in [0.29, 0.717) is 11.3 Å². The Labute approximate surface area is 158 Å². The molecule has 1 fully saturated rings. The third kappa shape index (κ3) is 3.61. The fourth-order valence-corrected chi connectivity index (χ4v) is 3.86. The van der Waals surface area contributed by atoms with Crippen LogP contribution in [0.3, 0.4) is 0 Å². The van der Waals surface area contributed by atoms with Gasteiger partial charge in [-0.25, -0.2) is 4.79 Å². The SMILES string of the molecule is CCOC(=O)c1ccc(NC(=O)C2(c3ccccc3)CCCC2)cc1Cl. The minimum atomic E-state index is -0.506. The fraction of sp³-hybridized carbons (Fsp3) is 0.333. The lowest BCUT2D eigenvalue weighted by molar-refractivity contribution is -0.121. The van der Waals surface area contributed by atoms with Gasteiger partial charge in [0, 0.05) is 5.69 Å². The van der Waals surface area contributed by atoms with Crippen molar-refractivity contribution in [2.45, 2.75) is 38.0 Å². The number of hydrogen-bond acceptors (Lipinski definition) is 3. The van der Waals surface area contributed by atoms with Crippen molar-refractivity contribution in [1.29, 1.82) is 0 Å². The van der Waals surface area contributed by atoms with Crippen LogP contribution in [0, 0.1) is 0 Å². The van der Waals surface area contributed by atoms with Crippen LogP contribution in [-0.2, 0) is 14.9 Å².